The van der Waals surface area contributed by atoms with E-state index in [1.165, 1.54) is 18.5 Å². The Morgan fingerprint density at radius 3 is 2.50 bits per heavy atom. The molecule has 0 spiro atoms. The van der Waals surface area contributed by atoms with Crippen LogP contribution in [0.5, 0.6) is 0 Å². The van der Waals surface area contributed by atoms with Crippen molar-refractivity contribution in [1.29, 1.82) is 0 Å². The van der Waals surface area contributed by atoms with Crippen LogP contribution in [0.4, 0.5) is 5.69 Å². The number of anilines is 1. The zero-order valence-corrected chi connectivity index (χ0v) is 11.5. The minimum Gasteiger partial charge on any atom is -0.381 e. The Morgan fingerprint density at radius 1 is 1.22 bits per heavy atom. The molecule has 100 valence electrons. The SMILES string of the molecule is CCOCC1(C)CCN(Nc2ccccc2)CC1. The van der Waals surface area contributed by atoms with Gasteiger partial charge in [0.1, 0.15) is 0 Å². The van der Waals surface area contributed by atoms with Gasteiger partial charge in [0.05, 0.1) is 6.61 Å². The lowest BCUT2D eigenvalue weighted by Crippen LogP contribution is -2.43. The average Bonchev–Trinajstić information content (AvgIpc) is 2.41. The second kappa shape index (κ2) is 6.21. The molecule has 3 heteroatoms. The second-order valence-electron chi connectivity index (χ2n) is 5.41. The van der Waals surface area contributed by atoms with Crippen molar-refractivity contribution in [3.05, 3.63) is 30.3 Å². The van der Waals surface area contributed by atoms with Gasteiger partial charge in [-0.2, -0.15) is 0 Å². The van der Waals surface area contributed by atoms with Crippen LogP contribution < -0.4 is 5.43 Å². The van der Waals surface area contributed by atoms with Crippen LogP contribution in [0.15, 0.2) is 30.3 Å². The molecule has 1 heterocycles. The van der Waals surface area contributed by atoms with E-state index in [-0.39, 0.29) is 0 Å². The molecule has 2 rings (SSSR count). The van der Waals surface area contributed by atoms with Crippen molar-refractivity contribution in [1.82, 2.24) is 5.01 Å². The zero-order chi connectivity index (χ0) is 12.8. The lowest BCUT2D eigenvalue weighted by atomic mass is 9.82. The number of ether oxygens (including phenoxy) is 1. The van der Waals surface area contributed by atoms with Crippen molar-refractivity contribution < 1.29 is 4.74 Å². The van der Waals surface area contributed by atoms with Crippen molar-refractivity contribution in [3.63, 3.8) is 0 Å². The number of hydrogen-bond acceptors (Lipinski definition) is 3. The number of rotatable bonds is 5. The van der Waals surface area contributed by atoms with Crippen LogP contribution in [-0.2, 0) is 4.74 Å². The van der Waals surface area contributed by atoms with Gasteiger partial charge in [0, 0.05) is 25.4 Å². The highest BCUT2D eigenvalue weighted by Gasteiger charge is 2.30. The third-order valence-corrected chi connectivity index (χ3v) is 3.69. The van der Waals surface area contributed by atoms with Crippen LogP contribution in [0.25, 0.3) is 0 Å². The molecule has 1 aromatic rings. The summed E-state index contributed by atoms with van der Waals surface area (Å²) in [4.78, 5) is 0. The lowest BCUT2D eigenvalue weighted by Gasteiger charge is -2.39. The molecule has 0 aliphatic carbocycles. The summed E-state index contributed by atoms with van der Waals surface area (Å²) < 4.78 is 5.59. The van der Waals surface area contributed by atoms with E-state index < -0.39 is 0 Å². The Hall–Kier alpha value is -1.06. The van der Waals surface area contributed by atoms with Crippen LogP contribution in [-0.4, -0.2) is 31.3 Å². The van der Waals surface area contributed by atoms with E-state index in [0.717, 1.165) is 26.3 Å². The first-order valence-corrected chi connectivity index (χ1v) is 6.86. The van der Waals surface area contributed by atoms with Crippen molar-refractivity contribution in [2.75, 3.05) is 31.7 Å². The number of hydrogen-bond donors (Lipinski definition) is 1. The Morgan fingerprint density at radius 2 is 1.89 bits per heavy atom. The highest BCUT2D eigenvalue weighted by Crippen LogP contribution is 2.31. The van der Waals surface area contributed by atoms with E-state index in [2.05, 4.69) is 48.5 Å². The topological polar surface area (TPSA) is 24.5 Å². The number of hydrazine groups is 1. The molecule has 0 saturated carbocycles. The third-order valence-electron chi connectivity index (χ3n) is 3.69. The van der Waals surface area contributed by atoms with Crippen molar-refractivity contribution >= 4 is 5.69 Å². The maximum atomic E-state index is 5.59. The number of piperidine rings is 1. The number of nitrogens with zero attached hydrogens (tertiary/aromatic N) is 1. The standard InChI is InChI=1S/C15H24N2O/c1-3-18-13-15(2)9-11-17(12-10-15)16-14-7-5-4-6-8-14/h4-8,16H,3,9-13H2,1-2H3. The number of nitrogens with one attached hydrogen (secondary N) is 1. The van der Waals surface area contributed by atoms with E-state index in [1.54, 1.807) is 0 Å². The highest BCUT2D eigenvalue weighted by molar-refractivity contribution is 5.41. The maximum Gasteiger partial charge on any atom is 0.0520 e. The van der Waals surface area contributed by atoms with Gasteiger partial charge in [-0.05, 0) is 37.3 Å². The Bertz CT molecular complexity index is 345. The fourth-order valence-electron chi connectivity index (χ4n) is 2.35. The summed E-state index contributed by atoms with van der Waals surface area (Å²) in [5.74, 6) is 0. The fraction of sp³-hybridized carbons (Fsp3) is 0.600. The maximum absolute atomic E-state index is 5.59. The van der Waals surface area contributed by atoms with Gasteiger partial charge in [-0.15, -0.1) is 0 Å². The minimum atomic E-state index is 0.352. The van der Waals surface area contributed by atoms with Crippen LogP contribution in [0.3, 0.4) is 0 Å². The predicted octanol–water partition coefficient (Wildman–Crippen LogP) is 3.15. The summed E-state index contributed by atoms with van der Waals surface area (Å²) in [6.45, 7) is 8.28. The van der Waals surface area contributed by atoms with E-state index >= 15 is 0 Å². The molecular formula is C15H24N2O. The summed E-state index contributed by atoms with van der Waals surface area (Å²) in [6, 6.07) is 10.4. The molecule has 0 atom stereocenters. The largest absolute Gasteiger partial charge is 0.381 e. The molecule has 0 bridgehead atoms. The van der Waals surface area contributed by atoms with Gasteiger partial charge in [0.2, 0.25) is 0 Å². The quantitative estimate of drug-likeness (QED) is 0.866. The molecular weight excluding hydrogens is 224 g/mol. The zero-order valence-electron chi connectivity index (χ0n) is 11.5. The fourth-order valence-corrected chi connectivity index (χ4v) is 2.35. The van der Waals surface area contributed by atoms with E-state index in [9.17, 15) is 0 Å². The van der Waals surface area contributed by atoms with E-state index in [0.29, 0.717) is 5.41 Å². The Labute approximate surface area is 110 Å². The average molecular weight is 248 g/mol. The van der Waals surface area contributed by atoms with Gasteiger partial charge >= 0.3 is 0 Å². The molecule has 18 heavy (non-hydrogen) atoms. The van der Waals surface area contributed by atoms with Crippen molar-refractivity contribution in [2.45, 2.75) is 26.7 Å². The normalized spacial score (nSPS) is 19.7. The van der Waals surface area contributed by atoms with Crippen LogP contribution >= 0.6 is 0 Å². The van der Waals surface area contributed by atoms with Crippen molar-refractivity contribution in [3.8, 4) is 0 Å². The molecule has 1 aromatic carbocycles. The monoisotopic (exact) mass is 248 g/mol. The minimum absolute atomic E-state index is 0.352. The second-order valence-corrected chi connectivity index (χ2v) is 5.41. The first-order valence-electron chi connectivity index (χ1n) is 6.86. The molecule has 1 fully saturated rings. The third kappa shape index (κ3) is 3.72. The molecule has 3 nitrogen and oxygen atoms in total. The van der Waals surface area contributed by atoms with Gasteiger partial charge in [0.15, 0.2) is 0 Å². The highest BCUT2D eigenvalue weighted by atomic mass is 16.5. The Balaban J connectivity index is 1.80. The van der Waals surface area contributed by atoms with Crippen molar-refractivity contribution in [2.24, 2.45) is 5.41 Å². The summed E-state index contributed by atoms with van der Waals surface area (Å²) in [7, 11) is 0. The molecule has 1 aliphatic heterocycles. The van der Waals surface area contributed by atoms with Crippen LogP contribution in [0.1, 0.15) is 26.7 Å². The summed E-state index contributed by atoms with van der Waals surface area (Å²) in [6.07, 6.45) is 2.37. The number of para-hydroxylation sites is 1. The Kier molecular flexibility index (Phi) is 4.61. The summed E-state index contributed by atoms with van der Waals surface area (Å²) in [5, 5.41) is 2.31. The van der Waals surface area contributed by atoms with Gasteiger partial charge in [-0.1, -0.05) is 25.1 Å². The smallest absolute Gasteiger partial charge is 0.0520 e. The molecule has 0 unspecified atom stereocenters. The molecule has 1 N–H and O–H groups in total. The van der Waals surface area contributed by atoms with Gasteiger partial charge in [-0.25, -0.2) is 5.01 Å². The van der Waals surface area contributed by atoms with Gasteiger partial charge in [0.25, 0.3) is 0 Å². The molecule has 0 amide bonds. The molecule has 0 aromatic heterocycles. The van der Waals surface area contributed by atoms with Gasteiger partial charge < -0.3 is 10.2 Å². The van der Waals surface area contributed by atoms with Gasteiger partial charge in [-0.3, -0.25) is 0 Å². The first-order chi connectivity index (χ1) is 8.72. The summed E-state index contributed by atoms with van der Waals surface area (Å²) >= 11 is 0. The summed E-state index contributed by atoms with van der Waals surface area (Å²) in [5.41, 5.74) is 4.99. The molecule has 0 radical (unpaired) electrons. The molecule has 1 saturated heterocycles. The number of benzene rings is 1. The predicted molar refractivity (Wildman–Crippen MR) is 75.5 cm³/mol. The van der Waals surface area contributed by atoms with Crippen LogP contribution in [0.2, 0.25) is 0 Å². The lowest BCUT2D eigenvalue weighted by molar-refractivity contribution is 0.0213. The van der Waals surface area contributed by atoms with E-state index in [4.69, 9.17) is 4.74 Å². The van der Waals surface area contributed by atoms with Crippen LogP contribution in [0, 0.1) is 5.41 Å². The first kappa shape index (κ1) is 13.4. The molecule has 1 aliphatic rings. The van der Waals surface area contributed by atoms with E-state index in [1.807, 2.05) is 6.07 Å².